The number of unbranched alkanes of at least 4 members (excludes halogenated alkanes) is 51. The van der Waals surface area contributed by atoms with Crippen LogP contribution in [0, 0.1) is 0 Å². The van der Waals surface area contributed by atoms with Gasteiger partial charge in [-0.3, -0.25) is 9.59 Å². The third-order valence-corrected chi connectivity index (χ3v) is 16.1. The first-order valence-electron chi connectivity index (χ1n) is 33.9. The standard InChI is InChI=1S/C68H133NO5/c1-3-5-7-9-11-13-15-16-38-42-46-50-54-58-62-68(73)74-63-59-55-51-47-43-39-36-34-32-30-28-26-24-22-20-18-17-19-21-23-25-27-29-31-33-35-37-41-45-49-53-57-61-67(72)69-65(64-70)66(71)60-56-52-48-44-40-14-12-10-8-6-4-2/h15-16,65-66,70-71H,3-14,17-64H2,1-2H3,(H,69,72)/b16-15-. The van der Waals surface area contributed by atoms with Crippen molar-refractivity contribution in [3.63, 3.8) is 0 Å². The van der Waals surface area contributed by atoms with E-state index in [0.717, 1.165) is 44.9 Å². The Kier molecular flexibility index (Phi) is 62.9. The third kappa shape index (κ3) is 59.8. The van der Waals surface area contributed by atoms with Gasteiger partial charge in [0.2, 0.25) is 5.91 Å². The van der Waals surface area contributed by atoms with Crippen molar-refractivity contribution in [1.82, 2.24) is 5.32 Å². The van der Waals surface area contributed by atoms with Gasteiger partial charge < -0.3 is 20.3 Å². The number of ether oxygens (including phenoxy) is 1. The molecule has 0 fully saturated rings. The molecule has 0 rings (SSSR count). The summed E-state index contributed by atoms with van der Waals surface area (Å²) < 4.78 is 5.49. The highest BCUT2D eigenvalue weighted by Crippen LogP contribution is 2.19. The maximum Gasteiger partial charge on any atom is 0.305 e. The van der Waals surface area contributed by atoms with E-state index in [1.807, 2.05) is 0 Å². The largest absolute Gasteiger partial charge is 0.466 e. The normalized spacial score (nSPS) is 12.5. The molecule has 0 spiro atoms. The van der Waals surface area contributed by atoms with E-state index in [-0.39, 0.29) is 18.5 Å². The molecule has 3 N–H and O–H groups in total. The third-order valence-electron chi connectivity index (χ3n) is 16.1. The molecule has 440 valence electrons. The van der Waals surface area contributed by atoms with Crippen molar-refractivity contribution in [3.8, 4) is 0 Å². The van der Waals surface area contributed by atoms with Crippen LogP contribution in [-0.4, -0.2) is 47.4 Å². The van der Waals surface area contributed by atoms with Gasteiger partial charge in [-0.2, -0.15) is 0 Å². The average Bonchev–Trinajstić information content (AvgIpc) is 3.40. The van der Waals surface area contributed by atoms with E-state index in [1.54, 1.807) is 0 Å². The fourth-order valence-corrected chi connectivity index (χ4v) is 10.9. The maximum absolute atomic E-state index is 12.5. The second kappa shape index (κ2) is 64.1. The number of nitrogens with one attached hydrogen (secondary N) is 1. The van der Waals surface area contributed by atoms with Gasteiger partial charge in [0.05, 0.1) is 25.4 Å². The zero-order valence-corrected chi connectivity index (χ0v) is 50.4. The SMILES string of the molecule is CCCCCCC/C=C\CCCCCCCC(=O)OCCCCCCCCCCCCCCCCCCCCCCCCCCCCCCCCCCC(=O)NC(CO)C(O)CCCCCCCCCCCCC. The van der Waals surface area contributed by atoms with Crippen LogP contribution in [0.15, 0.2) is 12.2 Å². The Morgan fingerprint density at radius 1 is 0.365 bits per heavy atom. The summed E-state index contributed by atoms with van der Waals surface area (Å²) in [7, 11) is 0. The van der Waals surface area contributed by atoms with E-state index < -0.39 is 12.1 Å². The molecule has 2 atom stereocenters. The topological polar surface area (TPSA) is 95.9 Å². The van der Waals surface area contributed by atoms with Crippen LogP contribution in [0.1, 0.15) is 386 Å². The highest BCUT2D eigenvalue weighted by atomic mass is 16.5. The Bertz CT molecular complexity index is 1110. The monoisotopic (exact) mass is 1040 g/mol. The molecule has 0 aromatic heterocycles. The number of esters is 1. The van der Waals surface area contributed by atoms with Crippen LogP contribution in [0.3, 0.4) is 0 Å². The summed E-state index contributed by atoms with van der Waals surface area (Å²) in [4.78, 5) is 24.5. The van der Waals surface area contributed by atoms with E-state index in [9.17, 15) is 19.8 Å². The number of carbonyl (C=O) groups excluding carboxylic acids is 2. The molecular weight excluding hydrogens is 911 g/mol. The summed E-state index contributed by atoms with van der Waals surface area (Å²) in [5.74, 6) is -0.0161. The lowest BCUT2D eigenvalue weighted by atomic mass is 10.0. The number of hydrogen-bond acceptors (Lipinski definition) is 5. The highest BCUT2D eigenvalue weighted by Gasteiger charge is 2.20. The summed E-state index contributed by atoms with van der Waals surface area (Å²) in [6.07, 6.45) is 78.4. The number of aliphatic hydroxyl groups excluding tert-OH is 2. The Morgan fingerprint density at radius 3 is 0.959 bits per heavy atom. The van der Waals surface area contributed by atoms with E-state index in [2.05, 4.69) is 31.3 Å². The van der Waals surface area contributed by atoms with Crippen LogP contribution in [-0.2, 0) is 14.3 Å². The van der Waals surface area contributed by atoms with Gasteiger partial charge in [-0.25, -0.2) is 0 Å². The number of amides is 1. The summed E-state index contributed by atoms with van der Waals surface area (Å²) in [6, 6.07) is -0.535. The lowest BCUT2D eigenvalue weighted by Crippen LogP contribution is -2.45. The number of aliphatic hydroxyl groups is 2. The maximum atomic E-state index is 12.5. The first-order valence-corrected chi connectivity index (χ1v) is 33.9. The molecule has 1 amide bonds. The minimum Gasteiger partial charge on any atom is -0.466 e. The zero-order chi connectivity index (χ0) is 53.6. The van der Waals surface area contributed by atoms with Crippen molar-refractivity contribution >= 4 is 11.9 Å². The van der Waals surface area contributed by atoms with Crippen LogP contribution in [0.25, 0.3) is 0 Å². The van der Waals surface area contributed by atoms with Crippen LogP contribution in [0.5, 0.6) is 0 Å². The second-order valence-electron chi connectivity index (χ2n) is 23.5. The highest BCUT2D eigenvalue weighted by molar-refractivity contribution is 5.76. The van der Waals surface area contributed by atoms with Gasteiger partial charge in [-0.15, -0.1) is 0 Å². The molecule has 74 heavy (non-hydrogen) atoms. The van der Waals surface area contributed by atoms with Crippen LogP contribution >= 0.6 is 0 Å². The Labute approximate surface area is 463 Å². The summed E-state index contributed by atoms with van der Waals surface area (Å²) in [5.41, 5.74) is 0. The smallest absolute Gasteiger partial charge is 0.305 e. The first kappa shape index (κ1) is 72.6. The van der Waals surface area contributed by atoms with E-state index in [4.69, 9.17) is 4.74 Å². The Hall–Kier alpha value is -1.40. The molecule has 0 aliphatic carbocycles. The second-order valence-corrected chi connectivity index (χ2v) is 23.5. The average molecular weight is 1040 g/mol. The fraction of sp³-hybridized carbons (Fsp3) is 0.941. The van der Waals surface area contributed by atoms with Gasteiger partial charge in [0, 0.05) is 12.8 Å². The van der Waals surface area contributed by atoms with Gasteiger partial charge in [0.1, 0.15) is 0 Å². The summed E-state index contributed by atoms with van der Waals surface area (Å²) >= 11 is 0. The van der Waals surface area contributed by atoms with Crippen molar-refractivity contribution in [2.75, 3.05) is 13.2 Å². The van der Waals surface area contributed by atoms with Crippen molar-refractivity contribution in [3.05, 3.63) is 12.2 Å². The van der Waals surface area contributed by atoms with Gasteiger partial charge in [-0.05, 0) is 51.4 Å². The lowest BCUT2D eigenvalue weighted by Gasteiger charge is -2.22. The molecule has 0 heterocycles. The molecule has 0 radical (unpaired) electrons. The Balaban J connectivity index is 3.29. The molecule has 0 bridgehead atoms. The molecule has 0 aliphatic rings. The van der Waals surface area contributed by atoms with Crippen LogP contribution < -0.4 is 5.32 Å². The Morgan fingerprint density at radius 2 is 0.635 bits per heavy atom. The van der Waals surface area contributed by atoms with Crippen molar-refractivity contribution in [2.24, 2.45) is 0 Å². The van der Waals surface area contributed by atoms with Crippen LogP contribution in [0.2, 0.25) is 0 Å². The quantitative estimate of drug-likeness (QED) is 0.0320. The molecule has 2 unspecified atom stereocenters. The minimum absolute atomic E-state index is 0.0132. The number of carbonyl (C=O) groups is 2. The van der Waals surface area contributed by atoms with E-state index in [1.165, 1.54) is 308 Å². The van der Waals surface area contributed by atoms with E-state index in [0.29, 0.717) is 25.9 Å². The lowest BCUT2D eigenvalue weighted by molar-refractivity contribution is -0.143. The predicted molar refractivity (Wildman–Crippen MR) is 324 cm³/mol. The van der Waals surface area contributed by atoms with Gasteiger partial charge in [0.15, 0.2) is 0 Å². The predicted octanol–water partition coefficient (Wildman–Crippen LogP) is 21.6. The number of hydrogen-bond donors (Lipinski definition) is 3. The summed E-state index contributed by atoms with van der Waals surface area (Å²) in [6.45, 7) is 4.96. The van der Waals surface area contributed by atoms with E-state index >= 15 is 0 Å². The molecule has 0 aromatic carbocycles. The van der Waals surface area contributed by atoms with Gasteiger partial charge in [0.25, 0.3) is 0 Å². The molecular formula is C68H133NO5. The van der Waals surface area contributed by atoms with Gasteiger partial charge in [-0.1, -0.05) is 334 Å². The molecule has 0 aliphatic heterocycles. The number of allylic oxidation sites excluding steroid dienone is 2. The van der Waals surface area contributed by atoms with Gasteiger partial charge >= 0.3 is 5.97 Å². The first-order chi connectivity index (χ1) is 36.5. The van der Waals surface area contributed by atoms with Crippen molar-refractivity contribution in [2.45, 2.75) is 398 Å². The number of rotatable bonds is 64. The molecule has 0 aromatic rings. The fourth-order valence-electron chi connectivity index (χ4n) is 10.9. The van der Waals surface area contributed by atoms with Crippen molar-refractivity contribution < 1.29 is 24.5 Å². The minimum atomic E-state index is -0.659. The summed E-state index contributed by atoms with van der Waals surface area (Å²) in [5, 5.41) is 23.2. The molecule has 0 saturated carbocycles. The molecule has 0 saturated heterocycles. The van der Waals surface area contributed by atoms with Crippen molar-refractivity contribution in [1.29, 1.82) is 0 Å². The zero-order valence-electron chi connectivity index (χ0n) is 50.4. The molecule has 6 heteroatoms. The molecule has 6 nitrogen and oxygen atoms in total. The van der Waals surface area contributed by atoms with Crippen LogP contribution in [0.4, 0.5) is 0 Å².